The third-order valence-electron chi connectivity index (χ3n) is 2.65. The largest absolute Gasteiger partial charge is 0.399 e. The lowest BCUT2D eigenvalue weighted by molar-refractivity contribution is -0.113. The van der Waals surface area contributed by atoms with Crippen LogP contribution in [0.15, 0.2) is 18.2 Å². The summed E-state index contributed by atoms with van der Waals surface area (Å²) in [5.41, 5.74) is 8.24. The van der Waals surface area contributed by atoms with Gasteiger partial charge < -0.3 is 11.1 Å². The summed E-state index contributed by atoms with van der Waals surface area (Å²) in [5, 5.41) is 2.91. The fourth-order valence-corrected chi connectivity index (χ4v) is 2.44. The summed E-state index contributed by atoms with van der Waals surface area (Å²) in [6.45, 7) is 4.13. The van der Waals surface area contributed by atoms with Crippen LogP contribution < -0.4 is 11.1 Å². The highest BCUT2D eigenvalue weighted by Gasteiger charge is 2.04. The first-order valence-electron chi connectivity index (χ1n) is 6.37. The van der Waals surface area contributed by atoms with Crippen molar-refractivity contribution >= 4 is 29.0 Å². The fraction of sp³-hybridized carbons (Fsp3) is 0.500. The number of thioether (sulfide) groups is 1. The number of amides is 1. The molecule has 3 N–H and O–H groups in total. The fourth-order valence-electron chi connectivity index (χ4n) is 1.63. The monoisotopic (exact) mass is 266 g/mol. The first-order chi connectivity index (χ1) is 8.63. The van der Waals surface area contributed by atoms with E-state index in [4.69, 9.17) is 5.73 Å². The average Bonchev–Trinajstić information content (AvgIpc) is 2.32. The third kappa shape index (κ3) is 5.45. The topological polar surface area (TPSA) is 55.1 Å². The molecule has 0 saturated carbocycles. The van der Waals surface area contributed by atoms with Crippen LogP contribution in [-0.2, 0) is 4.79 Å². The van der Waals surface area contributed by atoms with Crippen molar-refractivity contribution in [2.45, 2.75) is 33.1 Å². The van der Waals surface area contributed by atoms with E-state index >= 15 is 0 Å². The Morgan fingerprint density at radius 2 is 2.17 bits per heavy atom. The van der Waals surface area contributed by atoms with E-state index in [0.29, 0.717) is 5.75 Å². The molecule has 0 saturated heterocycles. The number of carbonyl (C=O) groups is 1. The highest BCUT2D eigenvalue weighted by Crippen LogP contribution is 2.18. The van der Waals surface area contributed by atoms with E-state index in [1.54, 1.807) is 17.8 Å². The minimum absolute atomic E-state index is 0.0596. The predicted molar refractivity (Wildman–Crippen MR) is 81.1 cm³/mol. The van der Waals surface area contributed by atoms with E-state index in [2.05, 4.69) is 12.2 Å². The summed E-state index contributed by atoms with van der Waals surface area (Å²) in [6, 6.07) is 5.52. The summed E-state index contributed by atoms with van der Waals surface area (Å²) >= 11 is 1.69. The lowest BCUT2D eigenvalue weighted by Crippen LogP contribution is -2.15. The van der Waals surface area contributed by atoms with Crippen molar-refractivity contribution in [2.24, 2.45) is 0 Å². The number of rotatable bonds is 7. The zero-order valence-corrected chi connectivity index (χ0v) is 12.0. The highest BCUT2D eigenvalue weighted by molar-refractivity contribution is 7.99. The van der Waals surface area contributed by atoms with E-state index < -0.39 is 0 Å². The molecule has 3 nitrogen and oxygen atoms in total. The van der Waals surface area contributed by atoms with Gasteiger partial charge in [-0.2, -0.15) is 11.8 Å². The number of nitrogens with one attached hydrogen (secondary N) is 1. The van der Waals surface area contributed by atoms with E-state index in [-0.39, 0.29) is 5.91 Å². The molecule has 1 rings (SSSR count). The van der Waals surface area contributed by atoms with Gasteiger partial charge in [0.2, 0.25) is 5.91 Å². The SMILES string of the molecule is CCCCCSCC(=O)Nc1ccc(N)cc1C. The Balaban J connectivity index is 2.31. The third-order valence-corrected chi connectivity index (χ3v) is 3.69. The normalized spacial score (nSPS) is 10.3. The van der Waals surface area contributed by atoms with Crippen LogP contribution in [0.4, 0.5) is 11.4 Å². The summed E-state index contributed by atoms with van der Waals surface area (Å²) < 4.78 is 0. The molecule has 0 aliphatic heterocycles. The molecular formula is C14H22N2OS. The molecule has 4 heteroatoms. The van der Waals surface area contributed by atoms with Crippen molar-refractivity contribution in [2.75, 3.05) is 22.6 Å². The van der Waals surface area contributed by atoms with E-state index in [1.807, 2.05) is 19.1 Å². The molecular weight excluding hydrogens is 244 g/mol. The molecule has 0 aromatic heterocycles. The number of anilines is 2. The Morgan fingerprint density at radius 3 is 2.83 bits per heavy atom. The number of carbonyl (C=O) groups excluding carboxylic acids is 1. The van der Waals surface area contributed by atoms with Crippen LogP contribution in [0.1, 0.15) is 31.7 Å². The van der Waals surface area contributed by atoms with Crippen LogP contribution >= 0.6 is 11.8 Å². The minimum Gasteiger partial charge on any atom is -0.399 e. The maximum atomic E-state index is 11.7. The van der Waals surface area contributed by atoms with E-state index in [0.717, 1.165) is 22.7 Å². The van der Waals surface area contributed by atoms with Crippen LogP contribution in [0.5, 0.6) is 0 Å². The van der Waals surface area contributed by atoms with Gasteiger partial charge in [0.05, 0.1) is 5.75 Å². The van der Waals surface area contributed by atoms with Gasteiger partial charge in [0.1, 0.15) is 0 Å². The Morgan fingerprint density at radius 1 is 1.39 bits per heavy atom. The van der Waals surface area contributed by atoms with Gasteiger partial charge in [-0.25, -0.2) is 0 Å². The van der Waals surface area contributed by atoms with Crippen LogP contribution in [0.25, 0.3) is 0 Å². The van der Waals surface area contributed by atoms with Crippen molar-refractivity contribution in [1.29, 1.82) is 0 Å². The standard InChI is InChI=1S/C14H22N2OS/c1-3-4-5-8-18-10-14(17)16-13-7-6-12(15)9-11(13)2/h6-7,9H,3-5,8,10,15H2,1-2H3,(H,16,17). The van der Waals surface area contributed by atoms with E-state index in [1.165, 1.54) is 19.3 Å². The Labute approximate surface area is 114 Å². The number of hydrogen-bond acceptors (Lipinski definition) is 3. The molecule has 0 radical (unpaired) electrons. The maximum absolute atomic E-state index is 11.7. The second-order valence-electron chi connectivity index (χ2n) is 4.38. The van der Waals surface area contributed by atoms with Crippen LogP contribution in [0.3, 0.4) is 0 Å². The zero-order valence-electron chi connectivity index (χ0n) is 11.2. The molecule has 1 aromatic rings. The number of nitrogen functional groups attached to an aromatic ring is 1. The molecule has 0 fully saturated rings. The van der Waals surface area contributed by atoms with Gasteiger partial charge in [0.25, 0.3) is 0 Å². The van der Waals surface area contributed by atoms with Crippen molar-refractivity contribution in [3.63, 3.8) is 0 Å². The lowest BCUT2D eigenvalue weighted by Gasteiger charge is -2.08. The summed E-state index contributed by atoms with van der Waals surface area (Å²) in [7, 11) is 0. The maximum Gasteiger partial charge on any atom is 0.234 e. The molecule has 0 heterocycles. The summed E-state index contributed by atoms with van der Waals surface area (Å²) in [4.78, 5) is 11.7. The van der Waals surface area contributed by atoms with Crippen molar-refractivity contribution in [3.8, 4) is 0 Å². The highest BCUT2D eigenvalue weighted by atomic mass is 32.2. The van der Waals surface area contributed by atoms with Gasteiger partial charge in [-0.3, -0.25) is 4.79 Å². The summed E-state index contributed by atoms with van der Waals surface area (Å²) in [6.07, 6.45) is 3.65. The smallest absolute Gasteiger partial charge is 0.234 e. The summed E-state index contributed by atoms with van der Waals surface area (Å²) in [5.74, 6) is 1.64. The minimum atomic E-state index is 0.0596. The molecule has 1 amide bonds. The molecule has 18 heavy (non-hydrogen) atoms. The van der Waals surface area contributed by atoms with Crippen molar-refractivity contribution in [1.82, 2.24) is 0 Å². The molecule has 1 aromatic carbocycles. The first-order valence-corrected chi connectivity index (χ1v) is 7.52. The van der Waals surface area contributed by atoms with Crippen LogP contribution in [-0.4, -0.2) is 17.4 Å². The second-order valence-corrected chi connectivity index (χ2v) is 5.49. The van der Waals surface area contributed by atoms with Gasteiger partial charge in [-0.1, -0.05) is 19.8 Å². The number of nitrogens with two attached hydrogens (primary N) is 1. The van der Waals surface area contributed by atoms with Gasteiger partial charge in [0.15, 0.2) is 0 Å². The zero-order chi connectivity index (χ0) is 13.4. The van der Waals surface area contributed by atoms with Gasteiger partial charge in [-0.05, 0) is 42.9 Å². The Kier molecular flexibility index (Phi) is 6.65. The van der Waals surface area contributed by atoms with Gasteiger partial charge in [0, 0.05) is 11.4 Å². The van der Waals surface area contributed by atoms with Gasteiger partial charge >= 0.3 is 0 Å². The molecule has 100 valence electrons. The number of unbranched alkanes of at least 4 members (excludes halogenated alkanes) is 2. The molecule has 0 spiro atoms. The molecule has 0 unspecified atom stereocenters. The number of hydrogen-bond donors (Lipinski definition) is 2. The Bertz CT molecular complexity index is 393. The molecule has 0 bridgehead atoms. The molecule has 0 atom stereocenters. The first kappa shape index (κ1) is 14.9. The average molecular weight is 266 g/mol. The van der Waals surface area contributed by atoms with Gasteiger partial charge in [-0.15, -0.1) is 0 Å². The number of aryl methyl sites for hydroxylation is 1. The van der Waals surface area contributed by atoms with Crippen LogP contribution in [0.2, 0.25) is 0 Å². The lowest BCUT2D eigenvalue weighted by atomic mass is 10.2. The van der Waals surface area contributed by atoms with E-state index in [9.17, 15) is 4.79 Å². The second kappa shape index (κ2) is 8.03. The quantitative estimate of drug-likeness (QED) is 0.587. The predicted octanol–water partition coefficient (Wildman–Crippen LogP) is 3.44. The van der Waals surface area contributed by atoms with Crippen molar-refractivity contribution < 1.29 is 4.79 Å². The van der Waals surface area contributed by atoms with Crippen molar-refractivity contribution in [3.05, 3.63) is 23.8 Å². The Hall–Kier alpha value is -1.16. The number of benzene rings is 1. The molecule has 0 aliphatic rings. The molecule has 0 aliphatic carbocycles. The van der Waals surface area contributed by atoms with Crippen LogP contribution in [0, 0.1) is 6.92 Å².